The highest BCUT2D eigenvalue weighted by atomic mass is 79.9. The number of hydrogen-bond acceptors (Lipinski definition) is 7. The number of benzene rings is 1. The number of aromatic nitrogens is 3. The minimum Gasteiger partial charge on any atom is -0.473 e. The molecule has 2 aliphatic heterocycles. The molecule has 3 aromatic rings. The summed E-state index contributed by atoms with van der Waals surface area (Å²) in [6.45, 7) is 3.19. The molecule has 0 amide bonds. The Kier molecular flexibility index (Phi) is 5.79. The Bertz CT molecular complexity index is 1350. The van der Waals surface area contributed by atoms with Gasteiger partial charge in [-0.25, -0.2) is 12.7 Å². The van der Waals surface area contributed by atoms with Crippen LogP contribution in [0.2, 0.25) is 0 Å². The topological polar surface area (TPSA) is 115 Å². The van der Waals surface area contributed by atoms with Gasteiger partial charge in [-0.1, -0.05) is 18.2 Å². The Hall–Kier alpha value is -2.63. The van der Waals surface area contributed by atoms with Gasteiger partial charge in [0.25, 0.3) is 0 Å². The largest absolute Gasteiger partial charge is 0.473 e. The van der Waals surface area contributed by atoms with Crippen molar-refractivity contribution in [2.75, 3.05) is 36.4 Å². The number of fused-ring (bicyclic) bond motifs is 2. The number of para-hydroxylation sites is 1. The number of anilines is 2. The van der Waals surface area contributed by atoms with Crippen LogP contribution in [0.15, 0.2) is 34.9 Å². The van der Waals surface area contributed by atoms with E-state index in [-0.39, 0.29) is 11.9 Å². The minimum absolute atomic E-state index is 0.109. The van der Waals surface area contributed by atoms with E-state index in [9.17, 15) is 8.42 Å². The molecule has 2 aromatic heterocycles. The molecule has 0 spiro atoms. The van der Waals surface area contributed by atoms with Crippen molar-refractivity contribution in [3.8, 4) is 5.88 Å². The van der Waals surface area contributed by atoms with Crippen LogP contribution in [0.1, 0.15) is 30.9 Å². The van der Waals surface area contributed by atoms with Gasteiger partial charge in [0.1, 0.15) is 16.4 Å². The second-order valence-corrected chi connectivity index (χ2v) is 11.2. The summed E-state index contributed by atoms with van der Waals surface area (Å²) in [6.07, 6.45) is 4.94. The van der Waals surface area contributed by atoms with Crippen LogP contribution in [0.4, 0.5) is 11.5 Å². The summed E-state index contributed by atoms with van der Waals surface area (Å²) in [5.74, 6) is 0.901. The predicted molar refractivity (Wildman–Crippen MR) is 133 cm³/mol. The molecule has 9 nitrogen and oxygen atoms in total. The Balaban J connectivity index is 1.43. The summed E-state index contributed by atoms with van der Waals surface area (Å²) in [5.41, 5.74) is 11.1. The Morgan fingerprint density at radius 3 is 2.79 bits per heavy atom. The van der Waals surface area contributed by atoms with E-state index < -0.39 is 10.0 Å². The van der Waals surface area contributed by atoms with E-state index in [1.165, 1.54) is 4.31 Å². The smallest absolute Gasteiger partial charge is 0.234 e. The maximum Gasteiger partial charge on any atom is 0.234 e. The van der Waals surface area contributed by atoms with Gasteiger partial charge in [0.2, 0.25) is 15.9 Å². The van der Waals surface area contributed by atoms with Gasteiger partial charge in [0, 0.05) is 30.9 Å². The number of ether oxygens (including phenoxy) is 1. The summed E-state index contributed by atoms with van der Waals surface area (Å²) in [7, 11) is -3.18. The molecular weight excluding hydrogens is 508 g/mol. The molecule has 3 N–H and O–H groups in total. The zero-order valence-corrected chi connectivity index (χ0v) is 20.6. The standard InChI is InChI=1S/C22H25BrN6O3S/c1-2-33(30,31)28-9-7-16(8-10-28)32-22-19(23)20(24)29-21(27-22)17(13-26-29)15-11-14-5-3-4-6-18(14)25-12-15/h3-6,11,13,16,25H,2,7-10,12,24H2,1H3. The molecular formula is C22H25BrN6O3S. The number of sulfonamides is 1. The van der Waals surface area contributed by atoms with E-state index in [2.05, 4.69) is 44.6 Å². The van der Waals surface area contributed by atoms with Crippen molar-refractivity contribution in [2.45, 2.75) is 25.9 Å². The fourth-order valence-corrected chi connectivity index (χ4v) is 5.72. The average Bonchev–Trinajstić information content (AvgIpc) is 3.26. The Morgan fingerprint density at radius 1 is 1.27 bits per heavy atom. The molecule has 1 aromatic carbocycles. The number of halogens is 1. The molecule has 4 heterocycles. The van der Waals surface area contributed by atoms with Gasteiger partial charge >= 0.3 is 0 Å². The highest BCUT2D eigenvalue weighted by Gasteiger charge is 2.29. The lowest BCUT2D eigenvalue weighted by atomic mass is 10.0. The summed E-state index contributed by atoms with van der Waals surface area (Å²) < 4.78 is 34.1. The van der Waals surface area contributed by atoms with Crippen molar-refractivity contribution < 1.29 is 13.2 Å². The zero-order valence-electron chi connectivity index (χ0n) is 18.2. The molecule has 174 valence electrons. The van der Waals surface area contributed by atoms with Crippen molar-refractivity contribution in [1.82, 2.24) is 18.9 Å². The number of nitrogen functional groups attached to an aromatic ring is 1. The van der Waals surface area contributed by atoms with Gasteiger partial charge in [0.05, 0.1) is 11.9 Å². The first-order chi connectivity index (χ1) is 15.9. The summed E-state index contributed by atoms with van der Waals surface area (Å²) in [5, 5.41) is 7.88. The van der Waals surface area contributed by atoms with Crippen molar-refractivity contribution in [3.05, 3.63) is 46.1 Å². The van der Waals surface area contributed by atoms with Crippen molar-refractivity contribution >= 4 is 54.8 Å². The summed E-state index contributed by atoms with van der Waals surface area (Å²) in [4.78, 5) is 4.76. The minimum atomic E-state index is -3.18. The molecule has 1 fully saturated rings. The zero-order chi connectivity index (χ0) is 23.2. The van der Waals surface area contributed by atoms with Gasteiger partial charge in [-0.15, -0.1) is 0 Å². The van der Waals surface area contributed by atoms with Gasteiger partial charge in [-0.3, -0.25) is 0 Å². The van der Waals surface area contributed by atoms with Crippen molar-refractivity contribution in [1.29, 1.82) is 0 Å². The second-order valence-electron chi connectivity index (χ2n) is 8.14. The fourth-order valence-electron chi connectivity index (χ4n) is 4.23. The molecule has 0 saturated carbocycles. The predicted octanol–water partition coefficient (Wildman–Crippen LogP) is 3.23. The maximum atomic E-state index is 12.1. The summed E-state index contributed by atoms with van der Waals surface area (Å²) >= 11 is 3.50. The molecule has 1 saturated heterocycles. The third-order valence-electron chi connectivity index (χ3n) is 6.14. The summed E-state index contributed by atoms with van der Waals surface area (Å²) in [6, 6.07) is 8.12. The van der Waals surface area contributed by atoms with Crippen LogP contribution < -0.4 is 15.8 Å². The van der Waals surface area contributed by atoms with E-state index in [0.717, 1.165) is 22.4 Å². The molecule has 5 rings (SSSR count). The van der Waals surface area contributed by atoms with Crippen LogP contribution in [0.25, 0.3) is 17.3 Å². The first-order valence-corrected chi connectivity index (χ1v) is 13.3. The molecule has 0 radical (unpaired) electrons. The lowest BCUT2D eigenvalue weighted by Crippen LogP contribution is -2.42. The van der Waals surface area contributed by atoms with E-state index in [1.807, 2.05) is 12.1 Å². The Labute approximate surface area is 200 Å². The number of rotatable bonds is 5. The number of piperidine rings is 1. The Morgan fingerprint density at radius 2 is 2.03 bits per heavy atom. The first-order valence-electron chi connectivity index (χ1n) is 10.9. The van der Waals surface area contributed by atoms with Gasteiger partial charge in [-0.05, 0) is 59.0 Å². The molecule has 0 atom stereocenters. The molecule has 2 aliphatic rings. The third kappa shape index (κ3) is 4.09. The van der Waals surface area contributed by atoms with Gasteiger partial charge < -0.3 is 15.8 Å². The van der Waals surface area contributed by atoms with E-state index in [4.69, 9.17) is 15.5 Å². The molecule has 0 aliphatic carbocycles. The maximum absolute atomic E-state index is 12.1. The van der Waals surface area contributed by atoms with E-state index in [0.29, 0.717) is 54.3 Å². The first kappa shape index (κ1) is 22.2. The van der Waals surface area contributed by atoms with Crippen LogP contribution in [0, 0.1) is 0 Å². The molecule has 33 heavy (non-hydrogen) atoms. The highest BCUT2D eigenvalue weighted by Crippen LogP contribution is 2.35. The van der Waals surface area contributed by atoms with Gasteiger partial charge in [-0.2, -0.15) is 14.6 Å². The highest BCUT2D eigenvalue weighted by molar-refractivity contribution is 9.10. The monoisotopic (exact) mass is 532 g/mol. The molecule has 11 heteroatoms. The normalized spacial score (nSPS) is 17.5. The van der Waals surface area contributed by atoms with Crippen LogP contribution in [-0.4, -0.2) is 58.8 Å². The quantitative estimate of drug-likeness (QED) is 0.518. The van der Waals surface area contributed by atoms with E-state index in [1.54, 1.807) is 17.6 Å². The number of hydrogen-bond donors (Lipinski definition) is 2. The van der Waals surface area contributed by atoms with Crippen molar-refractivity contribution in [2.24, 2.45) is 0 Å². The van der Waals surface area contributed by atoms with E-state index >= 15 is 0 Å². The third-order valence-corrected chi connectivity index (χ3v) is 8.76. The molecule has 0 bridgehead atoms. The number of nitrogens with zero attached hydrogens (tertiary/aromatic N) is 4. The van der Waals surface area contributed by atoms with Gasteiger partial charge in [0.15, 0.2) is 5.65 Å². The van der Waals surface area contributed by atoms with Crippen LogP contribution >= 0.6 is 15.9 Å². The number of nitrogens with two attached hydrogens (primary N) is 1. The molecule has 0 unspecified atom stereocenters. The fraction of sp³-hybridized carbons (Fsp3) is 0.364. The second kappa shape index (κ2) is 8.62. The number of nitrogens with one attached hydrogen (secondary N) is 1. The van der Waals surface area contributed by atoms with Crippen LogP contribution in [0.3, 0.4) is 0 Å². The SMILES string of the molecule is CCS(=O)(=O)N1CCC(Oc2nc3c(C4=Cc5ccccc5NC4)cnn3c(N)c2Br)CC1. The average molecular weight is 533 g/mol. The van der Waals surface area contributed by atoms with Crippen molar-refractivity contribution in [3.63, 3.8) is 0 Å². The lowest BCUT2D eigenvalue weighted by molar-refractivity contribution is 0.129. The lowest BCUT2D eigenvalue weighted by Gasteiger charge is -2.31. The van der Waals surface area contributed by atoms with Crippen LogP contribution in [-0.2, 0) is 10.0 Å². The van der Waals surface area contributed by atoms with Crippen LogP contribution in [0.5, 0.6) is 5.88 Å².